The second-order valence-electron chi connectivity index (χ2n) is 8.43. The van der Waals surface area contributed by atoms with Crippen LogP contribution in [-0.4, -0.2) is 11.8 Å². The van der Waals surface area contributed by atoms with E-state index in [1.54, 1.807) is 0 Å². The second-order valence-corrected chi connectivity index (χ2v) is 8.43. The van der Waals surface area contributed by atoms with Crippen LogP contribution in [0.4, 0.5) is 0 Å². The van der Waals surface area contributed by atoms with Gasteiger partial charge in [-0.3, -0.25) is 9.59 Å². The summed E-state index contributed by atoms with van der Waals surface area (Å²) in [5.74, 6) is -1.49. The largest absolute Gasteiger partial charge is 0.370 e. The molecule has 0 radical (unpaired) electrons. The van der Waals surface area contributed by atoms with E-state index in [0.29, 0.717) is 0 Å². The molecule has 0 aromatic carbocycles. The van der Waals surface area contributed by atoms with Crippen molar-refractivity contribution < 1.29 is 9.59 Å². The van der Waals surface area contributed by atoms with Gasteiger partial charge in [-0.05, 0) is 26.7 Å². The van der Waals surface area contributed by atoms with Crippen molar-refractivity contribution in [3.63, 3.8) is 0 Å². The summed E-state index contributed by atoms with van der Waals surface area (Å²) in [5.41, 5.74) is 12.7. The highest BCUT2D eigenvalue weighted by molar-refractivity contribution is 5.86. The van der Waals surface area contributed by atoms with Crippen LogP contribution in [0.15, 0.2) is 11.1 Å². The average Bonchev–Trinajstić information content (AvgIpc) is 2.65. The number of hydrogen-bond donors (Lipinski definition) is 2. The fourth-order valence-corrected chi connectivity index (χ4v) is 3.75. The van der Waals surface area contributed by atoms with Crippen molar-refractivity contribution in [2.24, 2.45) is 17.4 Å². The first-order valence-electron chi connectivity index (χ1n) is 11.6. The third kappa shape index (κ3) is 14.7. The van der Waals surface area contributed by atoms with Crippen molar-refractivity contribution in [2.75, 3.05) is 0 Å². The third-order valence-electron chi connectivity index (χ3n) is 5.85. The van der Waals surface area contributed by atoms with Gasteiger partial charge in [-0.1, -0.05) is 102 Å². The van der Waals surface area contributed by atoms with E-state index in [-0.39, 0.29) is 6.42 Å². The van der Waals surface area contributed by atoms with Gasteiger partial charge in [-0.25, -0.2) is 0 Å². The Morgan fingerprint density at radius 2 is 1.07 bits per heavy atom. The lowest BCUT2D eigenvalue weighted by Gasteiger charge is -2.16. The number of unbranched alkanes of at least 4 members (excludes halogenated alkanes) is 13. The Hall–Kier alpha value is -1.32. The van der Waals surface area contributed by atoms with E-state index in [2.05, 4.69) is 6.92 Å². The van der Waals surface area contributed by atoms with Crippen LogP contribution in [-0.2, 0) is 9.59 Å². The molecule has 0 bridgehead atoms. The van der Waals surface area contributed by atoms with Gasteiger partial charge in [0, 0.05) is 6.42 Å². The lowest BCUT2D eigenvalue weighted by Crippen LogP contribution is -2.29. The fourth-order valence-electron chi connectivity index (χ4n) is 3.75. The smallest absolute Gasteiger partial charge is 0.225 e. The molecule has 1 unspecified atom stereocenters. The number of primary amides is 2. The Labute approximate surface area is 173 Å². The molecule has 28 heavy (non-hydrogen) atoms. The monoisotopic (exact) mass is 394 g/mol. The van der Waals surface area contributed by atoms with Crippen molar-refractivity contribution in [1.29, 1.82) is 0 Å². The zero-order chi connectivity index (χ0) is 21.2. The molecule has 0 saturated carbocycles. The first-order chi connectivity index (χ1) is 13.4. The van der Waals surface area contributed by atoms with E-state index in [1.165, 1.54) is 89.0 Å². The Balaban J connectivity index is 3.71. The minimum absolute atomic E-state index is 0.0112. The van der Waals surface area contributed by atoms with Gasteiger partial charge in [0.15, 0.2) is 0 Å². The van der Waals surface area contributed by atoms with Crippen LogP contribution in [0.3, 0.4) is 0 Å². The molecular weight excluding hydrogens is 348 g/mol. The summed E-state index contributed by atoms with van der Waals surface area (Å²) in [6, 6.07) is 0. The first-order valence-corrected chi connectivity index (χ1v) is 11.6. The SMILES string of the molecule is CCCCCCCCCCCCCCCC/C(C)=C(\C)C(CC(N)=O)C(N)=O. The van der Waals surface area contributed by atoms with E-state index in [4.69, 9.17) is 11.5 Å². The number of nitrogens with two attached hydrogens (primary N) is 2. The van der Waals surface area contributed by atoms with Crippen LogP contribution in [0, 0.1) is 5.92 Å². The number of allylic oxidation sites excluding steroid dienone is 1. The maximum absolute atomic E-state index is 11.6. The maximum atomic E-state index is 11.6. The van der Waals surface area contributed by atoms with Gasteiger partial charge in [-0.15, -0.1) is 0 Å². The molecule has 0 spiro atoms. The quantitative estimate of drug-likeness (QED) is 0.203. The van der Waals surface area contributed by atoms with Crippen LogP contribution in [0.1, 0.15) is 124 Å². The molecule has 0 aliphatic carbocycles. The minimum Gasteiger partial charge on any atom is -0.370 e. The summed E-state index contributed by atoms with van der Waals surface area (Å²) >= 11 is 0. The molecule has 0 rings (SSSR count). The van der Waals surface area contributed by atoms with Crippen LogP contribution in [0.25, 0.3) is 0 Å². The molecule has 164 valence electrons. The van der Waals surface area contributed by atoms with E-state index in [1.807, 2.05) is 13.8 Å². The zero-order valence-electron chi connectivity index (χ0n) is 18.9. The van der Waals surface area contributed by atoms with Crippen LogP contribution >= 0.6 is 0 Å². The molecule has 0 heterocycles. The Morgan fingerprint density at radius 3 is 1.43 bits per heavy atom. The molecule has 0 saturated heterocycles. The normalized spacial score (nSPS) is 13.2. The van der Waals surface area contributed by atoms with Gasteiger partial charge in [0.1, 0.15) is 0 Å². The third-order valence-corrected chi connectivity index (χ3v) is 5.85. The van der Waals surface area contributed by atoms with Crippen LogP contribution in [0.2, 0.25) is 0 Å². The number of hydrogen-bond acceptors (Lipinski definition) is 2. The van der Waals surface area contributed by atoms with Gasteiger partial charge in [0.05, 0.1) is 5.92 Å². The Bertz CT molecular complexity index is 458. The molecule has 4 nitrogen and oxygen atoms in total. The standard InChI is InChI=1S/C24H46N2O2/c1-4-5-6-7-8-9-10-11-12-13-14-15-16-17-18-20(2)21(3)22(24(26)28)19-23(25)27/h22H,4-19H2,1-3H3,(H2,25,27)(H2,26,28)/b21-20+. The van der Waals surface area contributed by atoms with Gasteiger partial charge >= 0.3 is 0 Å². The molecule has 4 N–H and O–H groups in total. The Morgan fingerprint density at radius 1 is 0.679 bits per heavy atom. The maximum Gasteiger partial charge on any atom is 0.225 e. The van der Waals surface area contributed by atoms with Crippen molar-refractivity contribution >= 4 is 11.8 Å². The summed E-state index contributed by atoms with van der Waals surface area (Å²) in [4.78, 5) is 22.7. The lowest BCUT2D eigenvalue weighted by atomic mass is 9.90. The molecule has 0 aliphatic rings. The molecule has 0 aromatic heterocycles. The topological polar surface area (TPSA) is 86.2 Å². The lowest BCUT2D eigenvalue weighted by molar-refractivity contribution is -0.125. The van der Waals surface area contributed by atoms with Gasteiger partial charge < -0.3 is 11.5 Å². The number of carbonyl (C=O) groups excluding carboxylic acids is 2. The molecule has 0 aliphatic heterocycles. The van der Waals surface area contributed by atoms with E-state index >= 15 is 0 Å². The van der Waals surface area contributed by atoms with Gasteiger partial charge in [-0.2, -0.15) is 0 Å². The highest BCUT2D eigenvalue weighted by Crippen LogP contribution is 2.22. The van der Waals surface area contributed by atoms with Crippen molar-refractivity contribution in [2.45, 2.75) is 124 Å². The summed E-state index contributed by atoms with van der Waals surface area (Å²) in [7, 11) is 0. The fraction of sp³-hybridized carbons (Fsp3) is 0.833. The molecule has 2 amide bonds. The van der Waals surface area contributed by atoms with Crippen LogP contribution in [0.5, 0.6) is 0 Å². The number of amides is 2. The molecule has 1 atom stereocenters. The van der Waals surface area contributed by atoms with Crippen molar-refractivity contribution in [1.82, 2.24) is 0 Å². The molecular formula is C24H46N2O2. The highest BCUT2D eigenvalue weighted by Gasteiger charge is 2.21. The summed E-state index contributed by atoms with van der Waals surface area (Å²) in [5, 5.41) is 0. The summed E-state index contributed by atoms with van der Waals surface area (Å²) in [6.07, 6.45) is 19.9. The Kier molecular flexibility index (Phi) is 16.9. The summed E-state index contributed by atoms with van der Waals surface area (Å²) < 4.78 is 0. The second kappa shape index (κ2) is 17.8. The number of carbonyl (C=O) groups is 2. The molecule has 0 aromatic rings. The van der Waals surface area contributed by atoms with Gasteiger partial charge in [0.2, 0.25) is 11.8 Å². The average molecular weight is 395 g/mol. The van der Waals surface area contributed by atoms with E-state index in [9.17, 15) is 9.59 Å². The minimum atomic E-state index is -0.552. The van der Waals surface area contributed by atoms with E-state index in [0.717, 1.165) is 18.4 Å². The van der Waals surface area contributed by atoms with Gasteiger partial charge in [0.25, 0.3) is 0 Å². The highest BCUT2D eigenvalue weighted by atomic mass is 16.2. The predicted molar refractivity (Wildman–Crippen MR) is 120 cm³/mol. The van der Waals surface area contributed by atoms with Crippen molar-refractivity contribution in [3.8, 4) is 0 Å². The van der Waals surface area contributed by atoms with Crippen molar-refractivity contribution in [3.05, 3.63) is 11.1 Å². The van der Waals surface area contributed by atoms with E-state index < -0.39 is 17.7 Å². The van der Waals surface area contributed by atoms with Crippen LogP contribution < -0.4 is 11.5 Å². The molecule has 0 fully saturated rings. The molecule has 4 heteroatoms. The first kappa shape index (κ1) is 26.7. The predicted octanol–water partition coefficient (Wildman–Crippen LogP) is 6.17. The zero-order valence-corrected chi connectivity index (χ0v) is 18.9. The summed E-state index contributed by atoms with van der Waals surface area (Å²) in [6.45, 7) is 6.21. The number of rotatable bonds is 19.